The van der Waals surface area contributed by atoms with Crippen LogP contribution in [0, 0.1) is 13.8 Å². The van der Waals surface area contributed by atoms with Gasteiger partial charge in [-0.05, 0) is 44.9 Å². The second-order valence-corrected chi connectivity index (χ2v) is 6.95. The maximum atomic E-state index is 12.0. The van der Waals surface area contributed by atoms with E-state index in [2.05, 4.69) is 40.3 Å². The molecule has 2 N–H and O–H groups in total. The molecule has 1 atom stereocenters. The largest absolute Gasteiger partial charge is 0.497 e. The van der Waals surface area contributed by atoms with E-state index >= 15 is 0 Å². The lowest BCUT2D eigenvalue weighted by atomic mass is 10.2. The van der Waals surface area contributed by atoms with Gasteiger partial charge in [0.25, 0.3) is 5.91 Å². The summed E-state index contributed by atoms with van der Waals surface area (Å²) >= 11 is 0. The Morgan fingerprint density at radius 3 is 3.00 bits per heavy atom. The summed E-state index contributed by atoms with van der Waals surface area (Å²) in [5.74, 6) is 0.522. The van der Waals surface area contributed by atoms with Gasteiger partial charge in [0.05, 0.1) is 26.0 Å². The monoisotopic (exact) mass is 384 g/mol. The van der Waals surface area contributed by atoms with Gasteiger partial charge in [-0.1, -0.05) is 6.07 Å². The van der Waals surface area contributed by atoms with E-state index < -0.39 is 0 Å². The molecule has 2 aromatic rings. The average molecular weight is 384 g/mol. The number of nitrogens with one attached hydrogen (secondary N) is 2. The van der Waals surface area contributed by atoms with Gasteiger partial charge in [-0.2, -0.15) is 5.10 Å². The van der Waals surface area contributed by atoms with E-state index in [0.717, 1.165) is 48.7 Å². The highest BCUT2D eigenvalue weighted by molar-refractivity contribution is 5.85. The lowest BCUT2D eigenvalue weighted by Gasteiger charge is -2.14. The van der Waals surface area contributed by atoms with Crippen LogP contribution >= 0.6 is 0 Å². The lowest BCUT2D eigenvalue weighted by molar-refractivity contribution is -0.119. The minimum Gasteiger partial charge on any atom is -0.497 e. The molecular weight excluding hydrogens is 356 g/mol. The van der Waals surface area contributed by atoms with Gasteiger partial charge >= 0.3 is 0 Å². The van der Waals surface area contributed by atoms with Gasteiger partial charge in [0.15, 0.2) is 0 Å². The third kappa shape index (κ3) is 5.13. The zero-order valence-electron chi connectivity index (χ0n) is 16.7. The SMILES string of the molecule is COc1cccc(NCC(=O)N/N=C\c2cc(C)n(C[C@@H]3CCCO3)c2C)c1. The molecular formula is C21H28N4O3. The zero-order valence-corrected chi connectivity index (χ0v) is 16.7. The van der Waals surface area contributed by atoms with E-state index in [0.29, 0.717) is 0 Å². The number of hydrazone groups is 1. The van der Waals surface area contributed by atoms with Gasteiger partial charge in [0.2, 0.25) is 0 Å². The highest BCUT2D eigenvalue weighted by Gasteiger charge is 2.18. The summed E-state index contributed by atoms with van der Waals surface area (Å²) in [6, 6.07) is 9.50. The minimum absolute atomic E-state index is 0.128. The number of nitrogens with zero attached hydrogens (tertiary/aromatic N) is 2. The van der Waals surface area contributed by atoms with Crippen LogP contribution in [-0.2, 0) is 16.1 Å². The molecule has 1 saturated heterocycles. The molecule has 2 heterocycles. The van der Waals surface area contributed by atoms with Gasteiger partial charge in [0, 0.05) is 41.9 Å². The Labute approximate surface area is 165 Å². The fourth-order valence-electron chi connectivity index (χ4n) is 3.36. The Bertz CT molecular complexity index is 838. The Kier molecular flexibility index (Phi) is 6.71. The minimum atomic E-state index is -0.216. The van der Waals surface area contributed by atoms with Crippen molar-refractivity contribution in [2.45, 2.75) is 39.3 Å². The van der Waals surface area contributed by atoms with Crippen molar-refractivity contribution in [2.75, 3.05) is 25.6 Å². The summed E-state index contributed by atoms with van der Waals surface area (Å²) in [6.45, 7) is 5.99. The van der Waals surface area contributed by atoms with Crippen LogP contribution in [0.2, 0.25) is 0 Å². The number of anilines is 1. The first-order valence-corrected chi connectivity index (χ1v) is 9.55. The molecule has 1 aliphatic rings. The molecule has 1 aliphatic heterocycles. The molecule has 0 aliphatic carbocycles. The highest BCUT2D eigenvalue weighted by atomic mass is 16.5. The molecule has 150 valence electrons. The Morgan fingerprint density at radius 2 is 2.25 bits per heavy atom. The van der Waals surface area contributed by atoms with Crippen LogP contribution < -0.4 is 15.5 Å². The van der Waals surface area contributed by atoms with Gasteiger partial charge in [-0.15, -0.1) is 0 Å². The summed E-state index contributed by atoms with van der Waals surface area (Å²) < 4.78 is 13.2. The van der Waals surface area contributed by atoms with Crippen molar-refractivity contribution < 1.29 is 14.3 Å². The smallest absolute Gasteiger partial charge is 0.259 e. The average Bonchev–Trinajstić information content (AvgIpc) is 3.31. The topological polar surface area (TPSA) is 76.9 Å². The van der Waals surface area contributed by atoms with Crippen molar-refractivity contribution in [1.29, 1.82) is 0 Å². The van der Waals surface area contributed by atoms with Crippen molar-refractivity contribution in [3.05, 3.63) is 47.3 Å². The molecule has 1 aromatic carbocycles. The molecule has 1 amide bonds. The standard InChI is InChI=1S/C21H28N4O3/c1-15-10-17(16(2)25(15)14-20-8-5-9-28-20)12-23-24-21(26)13-22-18-6-4-7-19(11-18)27-3/h4,6-7,10-12,20,22H,5,8-9,13-14H2,1-3H3,(H,24,26)/b23-12-/t20-/m0/s1. The molecule has 3 rings (SSSR count). The number of carbonyl (C=O) groups excluding carboxylic acids is 1. The first kappa shape index (κ1) is 19.9. The van der Waals surface area contributed by atoms with Crippen molar-refractivity contribution in [3.63, 3.8) is 0 Å². The molecule has 7 nitrogen and oxygen atoms in total. The molecule has 1 aromatic heterocycles. The number of carbonyl (C=O) groups is 1. The van der Waals surface area contributed by atoms with Crippen LogP contribution in [0.15, 0.2) is 35.4 Å². The van der Waals surface area contributed by atoms with E-state index in [-0.39, 0.29) is 18.6 Å². The number of aromatic nitrogens is 1. The first-order valence-electron chi connectivity index (χ1n) is 9.55. The van der Waals surface area contributed by atoms with Gasteiger partial charge in [-0.3, -0.25) is 4.79 Å². The Morgan fingerprint density at radius 1 is 1.39 bits per heavy atom. The number of hydrogen-bond donors (Lipinski definition) is 2. The van der Waals surface area contributed by atoms with Crippen molar-refractivity contribution in [1.82, 2.24) is 9.99 Å². The number of rotatable bonds is 8. The maximum absolute atomic E-state index is 12.0. The molecule has 7 heteroatoms. The number of methoxy groups -OCH3 is 1. The fraction of sp³-hybridized carbons (Fsp3) is 0.429. The summed E-state index contributed by atoms with van der Waals surface area (Å²) in [5.41, 5.74) is 6.67. The third-order valence-electron chi connectivity index (χ3n) is 4.94. The number of hydrogen-bond acceptors (Lipinski definition) is 5. The van der Waals surface area contributed by atoms with Crippen LogP contribution in [0.5, 0.6) is 5.75 Å². The van der Waals surface area contributed by atoms with Crippen molar-refractivity contribution in [3.8, 4) is 5.75 Å². The molecule has 0 saturated carbocycles. The van der Waals surface area contributed by atoms with E-state index in [9.17, 15) is 4.79 Å². The van der Waals surface area contributed by atoms with E-state index in [1.807, 2.05) is 24.3 Å². The highest BCUT2D eigenvalue weighted by Crippen LogP contribution is 2.19. The van der Waals surface area contributed by atoms with Gasteiger partial charge in [0.1, 0.15) is 5.75 Å². The number of ether oxygens (including phenoxy) is 2. The molecule has 0 unspecified atom stereocenters. The van der Waals surface area contributed by atoms with Crippen LogP contribution in [0.25, 0.3) is 0 Å². The van der Waals surface area contributed by atoms with Gasteiger partial charge < -0.3 is 19.4 Å². The summed E-state index contributed by atoms with van der Waals surface area (Å²) in [5, 5.41) is 7.15. The first-order chi connectivity index (χ1) is 13.6. The van der Waals surface area contributed by atoms with E-state index in [1.165, 1.54) is 5.69 Å². The molecule has 0 spiro atoms. The molecule has 1 fully saturated rings. The lowest BCUT2D eigenvalue weighted by Crippen LogP contribution is -2.25. The second-order valence-electron chi connectivity index (χ2n) is 6.95. The van der Waals surface area contributed by atoms with Crippen molar-refractivity contribution >= 4 is 17.8 Å². The maximum Gasteiger partial charge on any atom is 0.259 e. The third-order valence-corrected chi connectivity index (χ3v) is 4.94. The summed E-state index contributed by atoms with van der Waals surface area (Å²) in [4.78, 5) is 12.0. The predicted octanol–water partition coefficient (Wildman–Crippen LogP) is 2.85. The molecule has 28 heavy (non-hydrogen) atoms. The fourth-order valence-corrected chi connectivity index (χ4v) is 3.36. The summed E-state index contributed by atoms with van der Waals surface area (Å²) in [6.07, 6.45) is 4.22. The zero-order chi connectivity index (χ0) is 19.9. The summed E-state index contributed by atoms with van der Waals surface area (Å²) in [7, 11) is 1.61. The van der Waals surface area contributed by atoms with Crippen LogP contribution in [0.1, 0.15) is 29.8 Å². The number of aryl methyl sites for hydroxylation is 1. The predicted molar refractivity (Wildman–Crippen MR) is 110 cm³/mol. The van der Waals surface area contributed by atoms with Crippen LogP contribution in [0.4, 0.5) is 5.69 Å². The molecule has 0 bridgehead atoms. The Hall–Kier alpha value is -2.80. The quantitative estimate of drug-likeness (QED) is 0.542. The second kappa shape index (κ2) is 9.41. The van der Waals surface area contributed by atoms with Crippen LogP contribution in [-0.4, -0.2) is 43.1 Å². The number of benzene rings is 1. The molecule has 0 radical (unpaired) electrons. The normalized spacial score (nSPS) is 16.5. The van der Waals surface area contributed by atoms with Gasteiger partial charge in [-0.25, -0.2) is 5.43 Å². The Balaban J connectivity index is 1.51. The van der Waals surface area contributed by atoms with E-state index in [4.69, 9.17) is 9.47 Å². The van der Waals surface area contributed by atoms with Crippen molar-refractivity contribution in [2.24, 2.45) is 5.10 Å². The van der Waals surface area contributed by atoms with Crippen LogP contribution in [0.3, 0.4) is 0 Å². The number of amides is 1. The van der Waals surface area contributed by atoms with E-state index in [1.54, 1.807) is 13.3 Å².